The lowest BCUT2D eigenvalue weighted by Crippen LogP contribution is -2.53. The third-order valence-corrected chi connectivity index (χ3v) is 4.74. The van der Waals surface area contributed by atoms with Crippen molar-refractivity contribution >= 4 is 11.9 Å². The van der Waals surface area contributed by atoms with Crippen LogP contribution < -0.4 is 5.32 Å². The molecule has 2 rings (SSSR count). The Morgan fingerprint density at radius 1 is 1.29 bits per heavy atom. The van der Waals surface area contributed by atoms with E-state index in [0.29, 0.717) is 19.1 Å². The highest BCUT2D eigenvalue weighted by atomic mass is 16.5. The van der Waals surface area contributed by atoms with Gasteiger partial charge in [-0.25, -0.2) is 0 Å². The monoisotopic (exact) mass is 296 g/mol. The summed E-state index contributed by atoms with van der Waals surface area (Å²) in [6, 6.07) is -0.0651. The maximum absolute atomic E-state index is 12.7. The fraction of sp³-hybridized carbons (Fsp3) is 0.875. The van der Waals surface area contributed by atoms with Crippen LogP contribution in [0.2, 0.25) is 0 Å². The first kappa shape index (κ1) is 16.3. The first-order chi connectivity index (χ1) is 10.2. The van der Waals surface area contributed by atoms with Crippen molar-refractivity contribution in [2.75, 3.05) is 26.2 Å². The Morgan fingerprint density at radius 3 is 2.81 bits per heavy atom. The van der Waals surface area contributed by atoms with E-state index in [1.807, 2.05) is 11.8 Å². The van der Waals surface area contributed by atoms with Gasteiger partial charge in [-0.05, 0) is 45.1 Å². The maximum atomic E-state index is 12.7. The number of hydrogen-bond donors (Lipinski definition) is 1. The van der Waals surface area contributed by atoms with Gasteiger partial charge in [0.1, 0.15) is 0 Å². The van der Waals surface area contributed by atoms with E-state index >= 15 is 0 Å². The Bertz CT molecular complexity index is 373. The normalized spacial score (nSPS) is 30.0. The van der Waals surface area contributed by atoms with Crippen molar-refractivity contribution < 1.29 is 14.3 Å². The predicted molar refractivity (Wildman–Crippen MR) is 80.7 cm³/mol. The summed E-state index contributed by atoms with van der Waals surface area (Å²) in [5.41, 5.74) is 0. The molecule has 5 heteroatoms. The summed E-state index contributed by atoms with van der Waals surface area (Å²) in [5, 5.41) is 3.34. The molecule has 3 unspecified atom stereocenters. The molecule has 2 fully saturated rings. The lowest BCUT2D eigenvalue weighted by Gasteiger charge is -2.36. The van der Waals surface area contributed by atoms with Gasteiger partial charge in [0.05, 0.1) is 18.6 Å². The number of rotatable bonds is 4. The van der Waals surface area contributed by atoms with Gasteiger partial charge in [0.2, 0.25) is 5.91 Å². The van der Waals surface area contributed by atoms with Crippen LogP contribution in [0.4, 0.5) is 0 Å². The second kappa shape index (κ2) is 7.78. The zero-order valence-corrected chi connectivity index (χ0v) is 13.3. The molecule has 120 valence electrons. The van der Waals surface area contributed by atoms with E-state index < -0.39 is 0 Å². The molecule has 0 saturated carbocycles. The zero-order valence-electron chi connectivity index (χ0n) is 13.3. The molecule has 3 atom stereocenters. The Kier molecular flexibility index (Phi) is 6.03. The fourth-order valence-corrected chi connectivity index (χ4v) is 3.41. The second-order valence-corrected chi connectivity index (χ2v) is 6.18. The van der Waals surface area contributed by atoms with Crippen LogP contribution in [0.3, 0.4) is 0 Å². The standard InChI is InChI=1S/C16H28N2O3/c1-3-12-7-8-17-14(10-12)15(19)18-9-5-6-13(11-18)16(20)21-4-2/h12-14,17H,3-11H2,1-2H3. The first-order valence-electron chi connectivity index (χ1n) is 8.34. The average Bonchev–Trinajstić information content (AvgIpc) is 2.54. The number of piperidine rings is 2. The van der Waals surface area contributed by atoms with Crippen molar-refractivity contribution in [1.82, 2.24) is 10.2 Å². The van der Waals surface area contributed by atoms with Crippen LogP contribution in [-0.4, -0.2) is 49.1 Å². The molecular weight excluding hydrogens is 268 g/mol. The molecule has 0 aliphatic carbocycles. The van der Waals surface area contributed by atoms with Gasteiger partial charge in [-0.3, -0.25) is 9.59 Å². The third-order valence-electron chi connectivity index (χ3n) is 4.74. The van der Waals surface area contributed by atoms with Gasteiger partial charge in [-0.15, -0.1) is 0 Å². The van der Waals surface area contributed by atoms with Crippen LogP contribution in [0, 0.1) is 11.8 Å². The highest BCUT2D eigenvalue weighted by Crippen LogP contribution is 2.23. The molecular formula is C16H28N2O3. The molecule has 2 aliphatic rings. The molecule has 2 heterocycles. The number of carbonyl (C=O) groups excluding carboxylic acids is 2. The average molecular weight is 296 g/mol. The van der Waals surface area contributed by atoms with Gasteiger partial charge in [0.15, 0.2) is 0 Å². The molecule has 0 bridgehead atoms. The van der Waals surface area contributed by atoms with Crippen molar-refractivity contribution in [2.24, 2.45) is 11.8 Å². The van der Waals surface area contributed by atoms with Crippen molar-refractivity contribution in [3.63, 3.8) is 0 Å². The Hall–Kier alpha value is -1.10. The predicted octanol–water partition coefficient (Wildman–Crippen LogP) is 1.57. The van der Waals surface area contributed by atoms with Gasteiger partial charge >= 0.3 is 5.97 Å². The number of nitrogens with one attached hydrogen (secondary N) is 1. The molecule has 0 spiro atoms. The summed E-state index contributed by atoms with van der Waals surface area (Å²) >= 11 is 0. The number of carbonyl (C=O) groups is 2. The van der Waals surface area contributed by atoms with E-state index in [1.54, 1.807) is 0 Å². The van der Waals surface area contributed by atoms with E-state index in [1.165, 1.54) is 0 Å². The third kappa shape index (κ3) is 4.19. The second-order valence-electron chi connectivity index (χ2n) is 6.18. The van der Waals surface area contributed by atoms with Gasteiger partial charge in [-0.2, -0.15) is 0 Å². The quantitative estimate of drug-likeness (QED) is 0.800. The van der Waals surface area contributed by atoms with Crippen LogP contribution >= 0.6 is 0 Å². The summed E-state index contributed by atoms with van der Waals surface area (Å²) < 4.78 is 5.10. The van der Waals surface area contributed by atoms with E-state index in [4.69, 9.17) is 4.74 Å². The molecule has 0 radical (unpaired) electrons. The molecule has 21 heavy (non-hydrogen) atoms. The Balaban J connectivity index is 1.91. The number of nitrogens with zero attached hydrogens (tertiary/aromatic N) is 1. The Labute approximate surface area is 127 Å². The van der Waals surface area contributed by atoms with Crippen molar-refractivity contribution in [3.05, 3.63) is 0 Å². The summed E-state index contributed by atoms with van der Waals surface area (Å²) in [6.07, 6.45) is 4.94. The summed E-state index contributed by atoms with van der Waals surface area (Å²) in [5.74, 6) is 0.513. The first-order valence-corrected chi connectivity index (χ1v) is 8.34. The molecule has 0 aromatic rings. The van der Waals surface area contributed by atoms with E-state index in [9.17, 15) is 9.59 Å². The van der Waals surface area contributed by atoms with Gasteiger partial charge < -0.3 is 15.0 Å². The van der Waals surface area contributed by atoms with E-state index in [-0.39, 0.29) is 23.8 Å². The Morgan fingerprint density at radius 2 is 2.10 bits per heavy atom. The number of ether oxygens (including phenoxy) is 1. The van der Waals surface area contributed by atoms with Crippen LogP contribution in [0.5, 0.6) is 0 Å². The molecule has 5 nitrogen and oxygen atoms in total. The van der Waals surface area contributed by atoms with Crippen LogP contribution in [0.25, 0.3) is 0 Å². The number of esters is 1. The minimum Gasteiger partial charge on any atom is -0.466 e. The van der Waals surface area contributed by atoms with Crippen molar-refractivity contribution in [1.29, 1.82) is 0 Å². The smallest absolute Gasteiger partial charge is 0.310 e. The molecule has 1 amide bonds. The summed E-state index contributed by atoms with van der Waals surface area (Å²) in [7, 11) is 0. The lowest BCUT2D eigenvalue weighted by molar-refractivity contribution is -0.151. The zero-order chi connectivity index (χ0) is 15.2. The maximum Gasteiger partial charge on any atom is 0.310 e. The number of likely N-dealkylation sites (tertiary alicyclic amines) is 1. The van der Waals surface area contributed by atoms with Crippen LogP contribution in [-0.2, 0) is 14.3 Å². The van der Waals surface area contributed by atoms with Gasteiger partial charge in [-0.1, -0.05) is 13.3 Å². The van der Waals surface area contributed by atoms with Crippen LogP contribution in [0.15, 0.2) is 0 Å². The fourth-order valence-electron chi connectivity index (χ4n) is 3.41. The summed E-state index contributed by atoms with van der Waals surface area (Å²) in [6.45, 7) is 6.63. The van der Waals surface area contributed by atoms with E-state index in [2.05, 4.69) is 12.2 Å². The van der Waals surface area contributed by atoms with E-state index in [0.717, 1.165) is 45.2 Å². The van der Waals surface area contributed by atoms with Gasteiger partial charge in [0, 0.05) is 13.1 Å². The number of hydrogen-bond acceptors (Lipinski definition) is 4. The SMILES string of the molecule is CCOC(=O)C1CCCN(C(=O)C2CC(CC)CCN2)C1. The van der Waals surface area contributed by atoms with Gasteiger partial charge in [0.25, 0.3) is 0 Å². The largest absolute Gasteiger partial charge is 0.466 e. The molecule has 2 aliphatic heterocycles. The molecule has 0 aromatic heterocycles. The van der Waals surface area contributed by atoms with Crippen molar-refractivity contribution in [3.8, 4) is 0 Å². The lowest BCUT2D eigenvalue weighted by atomic mass is 9.89. The highest BCUT2D eigenvalue weighted by Gasteiger charge is 2.34. The molecule has 0 aromatic carbocycles. The number of amides is 1. The van der Waals surface area contributed by atoms with Crippen LogP contribution in [0.1, 0.15) is 46.0 Å². The minimum atomic E-state index is -0.155. The molecule has 1 N–H and O–H groups in total. The highest BCUT2D eigenvalue weighted by molar-refractivity contribution is 5.83. The van der Waals surface area contributed by atoms with Crippen molar-refractivity contribution in [2.45, 2.75) is 52.0 Å². The topological polar surface area (TPSA) is 58.6 Å². The minimum absolute atomic E-state index is 0.0651. The molecule has 2 saturated heterocycles. The summed E-state index contributed by atoms with van der Waals surface area (Å²) in [4.78, 5) is 26.4.